The summed E-state index contributed by atoms with van der Waals surface area (Å²) in [4.78, 5) is 24.1. The van der Waals surface area contributed by atoms with Crippen LogP contribution in [0.15, 0.2) is 17.5 Å². The minimum atomic E-state index is -0.0912. The Bertz CT molecular complexity index is 438. The third-order valence-electron chi connectivity index (χ3n) is 3.79. The van der Waals surface area contributed by atoms with Crippen molar-refractivity contribution in [3.05, 3.63) is 22.4 Å². The molecule has 1 aliphatic carbocycles. The van der Waals surface area contributed by atoms with E-state index in [1.165, 1.54) is 30.6 Å². The minimum absolute atomic E-state index is 0.0569. The van der Waals surface area contributed by atoms with Crippen LogP contribution in [0.3, 0.4) is 0 Å². The first kappa shape index (κ1) is 16.0. The highest BCUT2D eigenvalue weighted by Gasteiger charge is 2.17. The molecule has 5 heteroatoms. The summed E-state index contributed by atoms with van der Waals surface area (Å²) in [6.45, 7) is 0.920. The number of carbonyl (C=O) groups is 2. The lowest BCUT2D eigenvalue weighted by Gasteiger charge is -2.20. The van der Waals surface area contributed by atoms with E-state index in [1.807, 2.05) is 11.4 Å². The van der Waals surface area contributed by atoms with E-state index in [2.05, 4.69) is 5.32 Å². The normalized spacial score (nSPS) is 15.6. The van der Waals surface area contributed by atoms with Gasteiger partial charge >= 0.3 is 5.97 Å². The first-order valence-corrected chi connectivity index (χ1v) is 8.61. The third kappa shape index (κ3) is 5.87. The Morgan fingerprint density at radius 3 is 2.81 bits per heavy atom. The van der Waals surface area contributed by atoms with Crippen LogP contribution >= 0.6 is 11.3 Å². The van der Waals surface area contributed by atoms with Gasteiger partial charge in [-0.15, -0.1) is 11.3 Å². The van der Waals surface area contributed by atoms with Gasteiger partial charge in [-0.1, -0.05) is 25.3 Å². The summed E-state index contributed by atoms with van der Waals surface area (Å²) in [6, 6.07) is 3.65. The summed E-state index contributed by atoms with van der Waals surface area (Å²) in [7, 11) is 0. The molecule has 0 aliphatic heterocycles. The molecule has 1 amide bonds. The van der Waals surface area contributed by atoms with E-state index in [9.17, 15) is 9.59 Å². The summed E-state index contributed by atoms with van der Waals surface area (Å²) in [5.74, 6) is 0.370. The smallest absolute Gasteiger partial charge is 0.306 e. The lowest BCUT2D eigenvalue weighted by Crippen LogP contribution is -2.25. The molecular weight excluding hydrogens is 286 g/mol. The van der Waals surface area contributed by atoms with E-state index in [1.54, 1.807) is 6.07 Å². The van der Waals surface area contributed by atoms with Gasteiger partial charge in [0.1, 0.15) is 0 Å². The molecule has 1 aromatic rings. The number of hydrogen-bond donors (Lipinski definition) is 1. The maximum atomic E-state index is 11.7. The zero-order valence-corrected chi connectivity index (χ0v) is 13.1. The molecular formula is C16H23NO3S. The second kappa shape index (κ2) is 8.82. The van der Waals surface area contributed by atoms with Crippen LogP contribution in [0.25, 0.3) is 0 Å². The summed E-state index contributed by atoms with van der Waals surface area (Å²) in [5, 5.41) is 4.70. The number of hydrogen-bond acceptors (Lipinski definition) is 4. The Morgan fingerprint density at radius 1 is 1.29 bits per heavy atom. The van der Waals surface area contributed by atoms with Crippen molar-refractivity contribution in [1.82, 2.24) is 5.32 Å². The van der Waals surface area contributed by atoms with Gasteiger partial charge in [-0.2, -0.15) is 0 Å². The maximum absolute atomic E-state index is 11.7. The zero-order valence-electron chi connectivity index (χ0n) is 12.3. The van der Waals surface area contributed by atoms with Crippen LogP contribution in [0.5, 0.6) is 0 Å². The van der Waals surface area contributed by atoms with Crippen molar-refractivity contribution in [2.75, 3.05) is 13.2 Å². The predicted molar refractivity (Wildman–Crippen MR) is 83.4 cm³/mol. The van der Waals surface area contributed by atoms with Gasteiger partial charge in [0.15, 0.2) is 0 Å². The number of rotatable bonds is 7. The summed E-state index contributed by atoms with van der Waals surface area (Å²) < 4.78 is 5.23. The maximum Gasteiger partial charge on any atom is 0.306 e. The molecule has 1 fully saturated rings. The molecule has 0 saturated heterocycles. The molecule has 0 atom stereocenters. The quantitative estimate of drug-likeness (QED) is 0.620. The molecule has 116 valence electrons. The lowest BCUT2D eigenvalue weighted by atomic mass is 9.87. The van der Waals surface area contributed by atoms with Crippen molar-refractivity contribution in [3.63, 3.8) is 0 Å². The van der Waals surface area contributed by atoms with E-state index in [-0.39, 0.29) is 11.9 Å². The average molecular weight is 309 g/mol. The van der Waals surface area contributed by atoms with Crippen molar-refractivity contribution in [1.29, 1.82) is 0 Å². The highest BCUT2D eigenvalue weighted by atomic mass is 32.1. The monoisotopic (exact) mass is 309 g/mol. The van der Waals surface area contributed by atoms with Crippen LogP contribution in [-0.4, -0.2) is 25.0 Å². The van der Waals surface area contributed by atoms with Gasteiger partial charge in [0.25, 0.3) is 5.91 Å². The van der Waals surface area contributed by atoms with Crippen molar-refractivity contribution in [2.24, 2.45) is 5.92 Å². The van der Waals surface area contributed by atoms with Crippen LogP contribution in [0.1, 0.15) is 54.6 Å². The molecule has 0 radical (unpaired) electrons. The highest BCUT2D eigenvalue weighted by molar-refractivity contribution is 7.12. The molecule has 0 bridgehead atoms. The number of ether oxygens (including phenoxy) is 1. The van der Waals surface area contributed by atoms with Gasteiger partial charge in [0.05, 0.1) is 11.5 Å². The van der Waals surface area contributed by atoms with Crippen LogP contribution in [0.2, 0.25) is 0 Å². The molecule has 1 saturated carbocycles. The molecule has 1 N–H and O–H groups in total. The summed E-state index contributed by atoms with van der Waals surface area (Å²) in [5.41, 5.74) is 0. The molecule has 0 unspecified atom stereocenters. The molecule has 21 heavy (non-hydrogen) atoms. The average Bonchev–Trinajstić information content (AvgIpc) is 3.02. The van der Waals surface area contributed by atoms with Crippen molar-refractivity contribution in [2.45, 2.75) is 44.9 Å². The molecule has 0 aromatic carbocycles. The Kier molecular flexibility index (Phi) is 6.73. The topological polar surface area (TPSA) is 55.4 Å². The van der Waals surface area contributed by atoms with E-state index in [0.29, 0.717) is 36.8 Å². The fraction of sp³-hybridized carbons (Fsp3) is 0.625. The van der Waals surface area contributed by atoms with Crippen molar-refractivity contribution < 1.29 is 14.3 Å². The number of esters is 1. The van der Waals surface area contributed by atoms with Gasteiger partial charge in [-0.25, -0.2) is 0 Å². The van der Waals surface area contributed by atoms with Gasteiger partial charge in [0.2, 0.25) is 0 Å². The summed E-state index contributed by atoms with van der Waals surface area (Å²) in [6.07, 6.45) is 7.32. The minimum Gasteiger partial charge on any atom is -0.466 e. The number of amides is 1. The number of thiophene rings is 1. The lowest BCUT2D eigenvalue weighted by molar-refractivity contribution is -0.145. The molecule has 1 aromatic heterocycles. The molecule has 2 rings (SSSR count). The second-order valence-electron chi connectivity index (χ2n) is 5.52. The Balaban J connectivity index is 1.51. The molecule has 1 heterocycles. The number of carbonyl (C=O) groups excluding carboxylic acids is 2. The zero-order chi connectivity index (χ0) is 14.9. The van der Waals surface area contributed by atoms with Crippen LogP contribution in [0.4, 0.5) is 0 Å². The van der Waals surface area contributed by atoms with Crippen LogP contribution < -0.4 is 5.32 Å². The van der Waals surface area contributed by atoms with Crippen molar-refractivity contribution >= 4 is 23.2 Å². The Hall–Kier alpha value is -1.36. The van der Waals surface area contributed by atoms with E-state index >= 15 is 0 Å². The van der Waals surface area contributed by atoms with Gasteiger partial charge in [0, 0.05) is 13.0 Å². The molecule has 0 spiro atoms. The highest BCUT2D eigenvalue weighted by Crippen LogP contribution is 2.26. The van der Waals surface area contributed by atoms with E-state index in [4.69, 9.17) is 4.74 Å². The second-order valence-corrected chi connectivity index (χ2v) is 6.46. The molecule has 4 nitrogen and oxygen atoms in total. The van der Waals surface area contributed by atoms with Crippen molar-refractivity contribution in [3.8, 4) is 0 Å². The standard InChI is InChI=1S/C16H23NO3S/c18-15(12-13-6-2-1-3-7-13)20-10-5-9-17-16(19)14-8-4-11-21-14/h4,8,11,13H,1-3,5-7,9-10,12H2,(H,17,19). The summed E-state index contributed by atoms with van der Waals surface area (Å²) >= 11 is 1.42. The van der Waals surface area contributed by atoms with Crippen LogP contribution in [-0.2, 0) is 9.53 Å². The largest absolute Gasteiger partial charge is 0.466 e. The fourth-order valence-electron chi connectivity index (χ4n) is 2.64. The van der Waals surface area contributed by atoms with E-state index < -0.39 is 0 Å². The Morgan fingerprint density at radius 2 is 2.10 bits per heavy atom. The van der Waals surface area contributed by atoms with Gasteiger partial charge < -0.3 is 10.1 Å². The first-order chi connectivity index (χ1) is 10.3. The van der Waals surface area contributed by atoms with Gasteiger partial charge in [-0.05, 0) is 36.6 Å². The third-order valence-corrected chi connectivity index (χ3v) is 4.66. The number of nitrogens with one attached hydrogen (secondary N) is 1. The fourth-order valence-corrected chi connectivity index (χ4v) is 3.28. The van der Waals surface area contributed by atoms with Crippen LogP contribution in [0, 0.1) is 5.92 Å². The van der Waals surface area contributed by atoms with E-state index in [0.717, 1.165) is 12.8 Å². The van der Waals surface area contributed by atoms with Gasteiger partial charge in [-0.3, -0.25) is 9.59 Å². The Labute approximate surface area is 129 Å². The predicted octanol–water partition coefficient (Wildman–Crippen LogP) is 3.38. The SMILES string of the molecule is O=C(CC1CCCCC1)OCCCNC(=O)c1cccs1. The first-order valence-electron chi connectivity index (χ1n) is 7.73. The molecule has 1 aliphatic rings.